The van der Waals surface area contributed by atoms with E-state index in [1.165, 1.54) is 0 Å². The lowest BCUT2D eigenvalue weighted by Crippen LogP contribution is -2.55. The molecular weight excluding hydrogens is 442 g/mol. The fourth-order valence-corrected chi connectivity index (χ4v) is 3.82. The molecule has 2 N–H and O–H groups in total. The molecule has 7 heteroatoms. The molecule has 0 saturated heterocycles. The molecule has 1 aromatic rings. The van der Waals surface area contributed by atoms with Crippen LogP contribution in [0, 0.1) is 19.8 Å². The van der Waals surface area contributed by atoms with Crippen LogP contribution in [0.5, 0.6) is 0 Å². The van der Waals surface area contributed by atoms with Gasteiger partial charge in [-0.25, -0.2) is 4.79 Å². The number of carbonyl (C=O) groups excluding carboxylic acids is 3. The summed E-state index contributed by atoms with van der Waals surface area (Å²) in [5.74, 6) is -0.108. The smallest absolute Gasteiger partial charge is 0.408 e. The van der Waals surface area contributed by atoms with E-state index in [-0.39, 0.29) is 23.9 Å². The minimum atomic E-state index is -0.868. The Bertz CT molecular complexity index is 873. The summed E-state index contributed by atoms with van der Waals surface area (Å²) in [6, 6.07) is 3.86. The highest BCUT2D eigenvalue weighted by molar-refractivity contribution is 5.92. The van der Waals surface area contributed by atoms with Crippen LogP contribution in [-0.2, 0) is 14.3 Å². The Morgan fingerprint density at radius 1 is 0.914 bits per heavy atom. The van der Waals surface area contributed by atoms with Gasteiger partial charge in [0.25, 0.3) is 0 Å². The van der Waals surface area contributed by atoms with Crippen molar-refractivity contribution >= 4 is 17.9 Å². The molecule has 3 unspecified atom stereocenters. The number of carbonyl (C=O) groups is 3. The topological polar surface area (TPSA) is 87.7 Å². The molecule has 3 amide bonds. The number of alkyl carbamates (subject to hydrolysis) is 1. The number of ether oxygens (including phenoxy) is 1. The first-order chi connectivity index (χ1) is 16.0. The highest BCUT2D eigenvalue weighted by Gasteiger charge is 2.37. The second kappa shape index (κ2) is 12.9. The van der Waals surface area contributed by atoms with Crippen molar-refractivity contribution in [3.8, 4) is 0 Å². The average Bonchev–Trinajstić information content (AvgIpc) is 2.69. The predicted octanol–water partition coefficient (Wildman–Crippen LogP) is 5.44. The maximum Gasteiger partial charge on any atom is 0.408 e. The minimum Gasteiger partial charge on any atom is -0.444 e. The number of aryl methyl sites for hydroxylation is 2. The van der Waals surface area contributed by atoms with Crippen LogP contribution in [0.2, 0.25) is 0 Å². The fourth-order valence-electron chi connectivity index (χ4n) is 3.82. The van der Waals surface area contributed by atoms with Crippen molar-refractivity contribution in [1.29, 1.82) is 0 Å². The van der Waals surface area contributed by atoms with Crippen molar-refractivity contribution in [3.63, 3.8) is 0 Å². The SMILES string of the molecule is Cc1ccc(C(C(=O)NC(C)C)N(C(=O)C(C)NC(=O)OC(C)(C)C)C(C)CCC(C)C)cc1C. The molecule has 0 aromatic heterocycles. The number of nitrogens with zero attached hydrogens (tertiary/aromatic N) is 1. The first-order valence-corrected chi connectivity index (χ1v) is 12.7. The van der Waals surface area contributed by atoms with Crippen LogP contribution in [0.3, 0.4) is 0 Å². The van der Waals surface area contributed by atoms with E-state index in [0.717, 1.165) is 29.5 Å². The number of hydrogen-bond acceptors (Lipinski definition) is 4. The van der Waals surface area contributed by atoms with Gasteiger partial charge in [0.15, 0.2) is 0 Å². The molecule has 198 valence electrons. The van der Waals surface area contributed by atoms with Crippen molar-refractivity contribution < 1.29 is 19.1 Å². The van der Waals surface area contributed by atoms with Gasteiger partial charge in [-0.05, 0) is 97.8 Å². The van der Waals surface area contributed by atoms with Gasteiger partial charge in [-0.2, -0.15) is 0 Å². The zero-order chi connectivity index (χ0) is 27.1. The molecular formula is C28H47N3O4. The number of benzene rings is 1. The van der Waals surface area contributed by atoms with Gasteiger partial charge in [-0.15, -0.1) is 0 Å². The third-order valence-corrected chi connectivity index (χ3v) is 5.80. The van der Waals surface area contributed by atoms with Crippen LogP contribution < -0.4 is 10.6 Å². The zero-order valence-electron chi connectivity index (χ0n) is 23.6. The van der Waals surface area contributed by atoms with E-state index >= 15 is 0 Å². The number of rotatable bonds is 10. The first-order valence-electron chi connectivity index (χ1n) is 12.7. The normalized spacial score (nSPS) is 14.3. The van der Waals surface area contributed by atoms with E-state index < -0.39 is 23.8 Å². The summed E-state index contributed by atoms with van der Waals surface area (Å²) in [4.78, 5) is 41.5. The predicted molar refractivity (Wildman–Crippen MR) is 141 cm³/mol. The Balaban J connectivity index is 3.48. The molecule has 1 aromatic carbocycles. The lowest BCUT2D eigenvalue weighted by molar-refractivity contribution is -0.145. The highest BCUT2D eigenvalue weighted by atomic mass is 16.6. The number of amides is 3. The van der Waals surface area contributed by atoms with E-state index in [4.69, 9.17) is 4.74 Å². The molecule has 0 heterocycles. The Morgan fingerprint density at radius 3 is 2.00 bits per heavy atom. The molecule has 7 nitrogen and oxygen atoms in total. The van der Waals surface area contributed by atoms with E-state index in [1.807, 2.05) is 52.8 Å². The average molecular weight is 490 g/mol. The lowest BCUT2D eigenvalue weighted by atomic mass is 9.95. The van der Waals surface area contributed by atoms with Crippen LogP contribution >= 0.6 is 0 Å². The van der Waals surface area contributed by atoms with Crippen molar-refractivity contribution in [2.24, 2.45) is 5.92 Å². The largest absolute Gasteiger partial charge is 0.444 e. The van der Waals surface area contributed by atoms with E-state index in [2.05, 4.69) is 24.5 Å². The Labute approximate surface area is 212 Å². The standard InChI is InChI=1S/C28H47N3O4/c1-17(2)12-14-21(7)31(26(33)22(8)30-27(34)35-28(9,10)11)24(25(32)29-18(3)4)23-15-13-19(5)20(6)16-23/h13,15-18,21-22,24H,12,14H2,1-11H3,(H,29,32)(H,30,34). The summed E-state index contributed by atoms with van der Waals surface area (Å²) >= 11 is 0. The van der Waals surface area contributed by atoms with Gasteiger partial charge < -0.3 is 20.3 Å². The van der Waals surface area contributed by atoms with Gasteiger partial charge >= 0.3 is 6.09 Å². The maximum absolute atomic E-state index is 13.9. The molecule has 1 rings (SSSR count). The molecule has 0 aliphatic heterocycles. The second-order valence-electron chi connectivity index (χ2n) is 11.3. The molecule has 0 bridgehead atoms. The summed E-state index contributed by atoms with van der Waals surface area (Å²) < 4.78 is 5.35. The fraction of sp³-hybridized carbons (Fsp3) is 0.679. The van der Waals surface area contributed by atoms with E-state index in [9.17, 15) is 14.4 Å². The minimum absolute atomic E-state index is 0.0863. The van der Waals surface area contributed by atoms with Crippen molar-refractivity contribution in [2.75, 3.05) is 0 Å². The molecule has 0 radical (unpaired) electrons. The quantitative estimate of drug-likeness (QED) is 0.458. The van der Waals surface area contributed by atoms with Crippen molar-refractivity contribution in [2.45, 2.75) is 119 Å². The van der Waals surface area contributed by atoms with Crippen LogP contribution in [0.1, 0.15) is 97.9 Å². The third kappa shape index (κ3) is 9.90. The molecule has 0 aliphatic rings. The monoisotopic (exact) mass is 489 g/mol. The van der Waals surface area contributed by atoms with Gasteiger partial charge in [-0.3, -0.25) is 9.59 Å². The van der Waals surface area contributed by atoms with Crippen molar-refractivity contribution in [1.82, 2.24) is 15.5 Å². The van der Waals surface area contributed by atoms with Crippen LogP contribution in [0.25, 0.3) is 0 Å². The zero-order valence-corrected chi connectivity index (χ0v) is 23.6. The molecule has 0 saturated carbocycles. The van der Waals surface area contributed by atoms with Crippen LogP contribution in [0.4, 0.5) is 4.79 Å². The van der Waals surface area contributed by atoms with Gasteiger partial charge in [-0.1, -0.05) is 32.0 Å². The van der Waals surface area contributed by atoms with Gasteiger partial charge in [0.2, 0.25) is 11.8 Å². The second-order valence-corrected chi connectivity index (χ2v) is 11.3. The summed E-state index contributed by atoms with van der Waals surface area (Å²) in [6.07, 6.45) is 0.978. The van der Waals surface area contributed by atoms with Crippen LogP contribution in [0.15, 0.2) is 18.2 Å². The Morgan fingerprint density at radius 2 is 1.51 bits per heavy atom. The van der Waals surface area contributed by atoms with E-state index in [0.29, 0.717) is 5.92 Å². The molecule has 0 fully saturated rings. The van der Waals surface area contributed by atoms with Gasteiger partial charge in [0.1, 0.15) is 17.7 Å². The van der Waals surface area contributed by atoms with E-state index in [1.54, 1.807) is 32.6 Å². The highest BCUT2D eigenvalue weighted by Crippen LogP contribution is 2.29. The summed E-state index contributed by atoms with van der Waals surface area (Å²) in [5.41, 5.74) is 2.23. The summed E-state index contributed by atoms with van der Waals surface area (Å²) in [5, 5.41) is 5.66. The number of hydrogen-bond donors (Lipinski definition) is 2. The molecule has 0 spiro atoms. The van der Waals surface area contributed by atoms with Crippen molar-refractivity contribution in [3.05, 3.63) is 34.9 Å². The maximum atomic E-state index is 13.9. The lowest BCUT2D eigenvalue weighted by Gasteiger charge is -2.38. The first kappa shape index (κ1) is 30.5. The third-order valence-electron chi connectivity index (χ3n) is 5.80. The molecule has 0 aliphatic carbocycles. The Hall–Kier alpha value is -2.57. The summed E-state index contributed by atoms with van der Waals surface area (Å²) in [6.45, 7) is 21.0. The Kier molecular flexibility index (Phi) is 11.3. The van der Waals surface area contributed by atoms with Gasteiger partial charge in [0, 0.05) is 12.1 Å². The van der Waals surface area contributed by atoms with Crippen LogP contribution in [-0.4, -0.2) is 46.5 Å². The molecule has 3 atom stereocenters. The van der Waals surface area contributed by atoms with Gasteiger partial charge in [0.05, 0.1) is 0 Å². The number of nitrogens with one attached hydrogen (secondary N) is 2. The molecule has 35 heavy (non-hydrogen) atoms. The summed E-state index contributed by atoms with van der Waals surface area (Å²) in [7, 11) is 0.